The Kier molecular flexibility index (Phi) is 6.00. The summed E-state index contributed by atoms with van der Waals surface area (Å²) in [5.74, 6) is 1.89. The van der Waals surface area contributed by atoms with Gasteiger partial charge in [-0.1, -0.05) is 12.1 Å². The van der Waals surface area contributed by atoms with Gasteiger partial charge in [-0.3, -0.25) is 4.79 Å². The number of methoxy groups -OCH3 is 1. The van der Waals surface area contributed by atoms with E-state index in [4.69, 9.17) is 9.47 Å². The molecule has 0 N–H and O–H groups in total. The third kappa shape index (κ3) is 4.48. The fourth-order valence-corrected chi connectivity index (χ4v) is 3.16. The first kappa shape index (κ1) is 18.1. The van der Waals surface area contributed by atoms with E-state index in [2.05, 4.69) is 17.0 Å². The number of amides is 1. The van der Waals surface area contributed by atoms with Crippen LogP contribution in [0.15, 0.2) is 48.5 Å². The summed E-state index contributed by atoms with van der Waals surface area (Å²) in [4.78, 5) is 16.8. The van der Waals surface area contributed by atoms with Crippen molar-refractivity contribution in [2.45, 2.75) is 13.3 Å². The zero-order valence-corrected chi connectivity index (χ0v) is 15.5. The first-order valence-electron chi connectivity index (χ1n) is 9.08. The number of carbonyl (C=O) groups is 1. The van der Waals surface area contributed by atoms with Crippen molar-refractivity contribution < 1.29 is 14.3 Å². The molecule has 0 saturated carbocycles. The summed E-state index contributed by atoms with van der Waals surface area (Å²) in [6.45, 7) is 5.86. The van der Waals surface area contributed by atoms with E-state index in [-0.39, 0.29) is 5.91 Å². The van der Waals surface area contributed by atoms with Crippen molar-refractivity contribution in [3.63, 3.8) is 0 Å². The van der Waals surface area contributed by atoms with E-state index in [1.165, 1.54) is 5.69 Å². The molecule has 0 unspecified atom stereocenters. The van der Waals surface area contributed by atoms with Gasteiger partial charge in [0.1, 0.15) is 11.5 Å². The van der Waals surface area contributed by atoms with Crippen LogP contribution in [-0.4, -0.2) is 50.7 Å². The second kappa shape index (κ2) is 8.61. The molecule has 2 aromatic rings. The first-order chi connectivity index (χ1) is 12.7. The Morgan fingerprint density at radius 2 is 1.54 bits per heavy atom. The molecular formula is C21H26N2O3. The quantitative estimate of drug-likeness (QED) is 0.800. The van der Waals surface area contributed by atoms with Gasteiger partial charge in [0, 0.05) is 31.9 Å². The molecule has 1 heterocycles. The fraction of sp³-hybridized carbons (Fsp3) is 0.381. The normalized spacial score (nSPS) is 14.2. The Hall–Kier alpha value is -2.69. The van der Waals surface area contributed by atoms with E-state index in [9.17, 15) is 4.79 Å². The highest BCUT2D eigenvalue weighted by atomic mass is 16.5. The van der Waals surface area contributed by atoms with Gasteiger partial charge in [0.25, 0.3) is 0 Å². The molecule has 3 rings (SSSR count). The standard InChI is InChI=1S/C21H26N2O3/c1-3-26-20-10-6-18(7-11-20)22-12-14-23(15-13-22)21(24)16-17-4-8-19(25-2)9-5-17/h4-11H,3,12-16H2,1-2H3. The van der Waals surface area contributed by atoms with Crippen LogP contribution in [0.3, 0.4) is 0 Å². The van der Waals surface area contributed by atoms with Gasteiger partial charge in [0.15, 0.2) is 0 Å². The minimum atomic E-state index is 0.182. The molecule has 0 bridgehead atoms. The van der Waals surface area contributed by atoms with Crippen LogP contribution in [-0.2, 0) is 11.2 Å². The van der Waals surface area contributed by atoms with Crippen molar-refractivity contribution in [2.24, 2.45) is 0 Å². The Morgan fingerprint density at radius 3 is 2.12 bits per heavy atom. The van der Waals surface area contributed by atoms with E-state index in [1.807, 2.05) is 48.2 Å². The highest BCUT2D eigenvalue weighted by Gasteiger charge is 2.21. The highest BCUT2D eigenvalue weighted by Crippen LogP contribution is 2.21. The van der Waals surface area contributed by atoms with Crippen molar-refractivity contribution in [3.05, 3.63) is 54.1 Å². The van der Waals surface area contributed by atoms with Crippen LogP contribution < -0.4 is 14.4 Å². The van der Waals surface area contributed by atoms with Gasteiger partial charge < -0.3 is 19.3 Å². The summed E-state index contributed by atoms with van der Waals surface area (Å²) < 4.78 is 10.6. The minimum Gasteiger partial charge on any atom is -0.497 e. The number of nitrogens with zero attached hydrogens (tertiary/aromatic N) is 2. The van der Waals surface area contributed by atoms with Gasteiger partial charge >= 0.3 is 0 Å². The lowest BCUT2D eigenvalue weighted by atomic mass is 10.1. The summed E-state index contributed by atoms with van der Waals surface area (Å²) in [5, 5.41) is 0. The van der Waals surface area contributed by atoms with Crippen LogP contribution in [0.25, 0.3) is 0 Å². The van der Waals surface area contributed by atoms with Gasteiger partial charge in [-0.25, -0.2) is 0 Å². The predicted octanol–water partition coefficient (Wildman–Crippen LogP) is 2.99. The molecular weight excluding hydrogens is 328 g/mol. The van der Waals surface area contributed by atoms with Crippen molar-refractivity contribution in [3.8, 4) is 11.5 Å². The Labute approximate surface area is 155 Å². The molecule has 26 heavy (non-hydrogen) atoms. The smallest absolute Gasteiger partial charge is 0.227 e. The molecule has 0 radical (unpaired) electrons. The van der Waals surface area contributed by atoms with Gasteiger partial charge in [-0.15, -0.1) is 0 Å². The van der Waals surface area contributed by atoms with Crippen molar-refractivity contribution >= 4 is 11.6 Å². The summed E-state index contributed by atoms with van der Waals surface area (Å²) in [5.41, 5.74) is 2.19. The second-order valence-electron chi connectivity index (χ2n) is 6.32. The van der Waals surface area contributed by atoms with Gasteiger partial charge in [0.05, 0.1) is 20.1 Å². The summed E-state index contributed by atoms with van der Waals surface area (Å²) in [7, 11) is 1.64. The number of hydrogen-bond donors (Lipinski definition) is 0. The van der Waals surface area contributed by atoms with E-state index in [1.54, 1.807) is 7.11 Å². The molecule has 0 aromatic heterocycles. The topological polar surface area (TPSA) is 42.0 Å². The van der Waals surface area contributed by atoms with E-state index in [0.717, 1.165) is 43.2 Å². The Morgan fingerprint density at radius 1 is 0.923 bits per heavy atom. The largest absolute Gasteiger partial charge is 0.497 e. The lowest BCUT2D eigenvalue weighted by molar-refractivity contribution is -0.130. The van der Waals surface area contributed by atoms with Crippen molar-refractivity contribution in [1.82, 2.24) is 4.90 Å². The van der Waals surface area contributed by atoms with E-state index < -0.39 is 0 Å². The Balaban J connectivity index is 1.51. The molecule has 1 amide bonds. The number of ether oxygens (including phenoxy) is 2. The monoisotopic (exact) mass is 354 g/mol. The van der Waals surface area contributed by atoms with Crippen LogP contribution in [0.4, 0.5) is 5.69 Å². The lowest BCUT2D eigenvalue weighted by Gasteiger charge is -2.36. The molecule has 138 valence electrons. The van der Waals surface area contributed by atoms with E-state index in [0.29, 0.717) is 13.0 Å². The molecule has 1 aliphatic rings. The fourth-order valence-electron chi connectivity index (χ4n) is 3.16. The third-order valence-electron chi connectivity index (χ3n) is 4.66. The summed E-state index contributed by atoms with van der Waals surface area (Å²) >= 11 is 0. The molecule has 0 atom stereocenters. The molecule has 5 nitrogen and oxygen atoms in total. The molecule has 2 aromatic carbocycles. The molecule has 1 saturated heterocycles. The number of rotatable bonds is 6. The van der Waals surface area contributed by atoms with Crippen molar-refractivity contribution in [1.29, 1.82) is 0 Å². The van der Waals surface area contributed by atoms with E-state index >= 15 is 0 Å². The summed E-state index contributed by atoms with van der Waals surface area (Å²) in [6, 6.07) is 15.9. The average Bonchev–Trinajstić information content (AvgIpc) is 2.69. The summed E-state index contributed by atoms with van der Waals surface area (Å²) in [6.07, 6.45) is 0.438. The van der Waals surface area contributed by atoms with Gasteiger partial charge in [-0.05, 0) is 48.9 Å². The maximum atomic E-state index is 12.5. The highest BCUT2D eigenvalue weighted by molar-refractivity contribution is 5.79. The Bertz CT molecular complexity index is 705. The van der Waals surface area contributed by atoms with Crippen LogP contribution in [0.5, 0.6) is 11.5 Å². The maximum absolute atomic E-state index is 12.5. The number of carbonyl (C=O) groups excluding carboxylic acids is 1. The number of hydrogen-bond acceptors (Lipinski definition) is 4. The number of benzene rings is 2. The van der Waals surface area contributed by atoms with Crippen LogP contribution in [0, 0.1) is 0 Å². The molecule has 1 aliphatic heterocycles. The zero-order valence-electron chi connectivity index (χ0n) is 15.5. The first-order valence-corrected chi connectivity index (χ1v) is 9.08. The molecule has 1 fully saturated rings. The third-order valence-corrected chi connectivity index (χ3v) is 4.66. The predicted molar refractivity (Wildman–Crippen MR) is 103 cm³/mol. The lowest BCUT2D eigenvalue weighted by Crippen LogP contribution is -2.49. The van der Waals surface area contributed by atoms with Crippen LogP contribution in [0.2, 0.25) is 0 Å². The zero-order chi connectivity index (χ0) is 18.4. The van der Waals surface area contributed by atoms with Gasteiger partial charge in [-0.2, -0.15) is 0 Å². The van der Waals surface area contributed by atoms with Crippen molar-refractivity contribution in [2.75, 3.05) is 44.8 Å². The maximum Gasteiger partial charge on any atom is 0.227 e. The second-order valence-corrected chi connectivity index (χ2v) is 6.32. The molecule has 0 aliphatic carbocycles. The molecule has 0 spiro atoms. The van der Waals surface area contributed by atoms with Crippen LogP contribution in [0.1, 0.15) is 12.5 Å². The minimum absolute atomic E-state index is 0.182. The van der Waals surface area contributed by atoms with Gasteiger partial charge in [0.2, 0.25) is 5.91 Å². The average molecular weight is 354 g/mol. The van der Waals surface area contributed by atoms with Crippen LogP contribution >= 0.6 is 0 Å². The SMILES string of the molecule is CCOc1ccc(N2CCN(C(=O)Cc3ccc(OC)cc3)CC2)cc1. The molecule has 5 heteroatoms. The number of piperazine rings is 1. The number of anilines is 1.